The molecular formula is C21H20FN3O4. The van der Waals surface area contributed by atoms with E-state index in [9.17, 15) is 9.18 Å². The molecule has 0 spiro atoms. The van der Waals surface area contributed by atoms with E-state index >= 15 is 0 Å². The van der Waals surface area contributed by atoms with Gasteiger partial charge in [0.2, 0.25) is 17.6 Å². The first-order chi connectivity index (χ1) is 14.1. The van der Waals surface area contributed by atoms with Crippen molar-refractivity contribution in [3.8, 4) is 22.9 Å². The molecule has 1 atom stereocenters. The van der Waals surface area contributed by atoms with Gasteiger partial charge in [-0.2, -0.15) is 4.98 Å². The van der Waals surface area contributed by atoms with Crippen LogP contribution in [0.5, 0.6) is 11.5 Å². The molecule has 7 nitrogen and oxygen atoms in total. The van der Waals surface area contributed by atoms with Crippen LogP contribution in [0.4, 0.5) is 4.39 Å². The highest BCUT2D eigenvalue weighted by Gasteiger charge is 2.34. The number of halogens is 1. The standard InChI is InChI=1S/C21H20FN3O4/c1-27-16-6-3-13(4-7-16)11-25-12-15(10-19(25)26)21-23-20(24-29-21)14-5-8-18(28-2)17(22)9-14/h3-9,15H,10-12H2,1-2H3. The van der Waals surface area contributed by atoms with E-state index in [1.54, 1.807) is 18.1 Å². The third-order valence-electron chi connectivity index (χ3n) is 4.95. The van der Waals surface area contributed by atoms with Crippen LogP contribution in [0.3, 0.4) is 0 Å². The Labute approximate surface area is 167 Å². The van der Waals surface area contributed by atoms with Crippen LogP contribution in [0.1, 0.15) is 23.8 Å². The van der Waals surface area contributed by atoms with Gasteiger partial charge in [0.1, 0.15) is 5.75 Å². The van der Waals surface area contributed by atoms with Gasteiger partial charge in [-0.1, -0.05) is 17.3 Å². The number of hydrogen-bond donors (Lipinski definition) is 0. The molecule has 2 aromatic carbocycles. The summed E-state index contributed by atoms with van der Waals surface area (Å²) in [6.45, 7) is 0.994. The fourth-order valence-electron chi connectivity index (χ4n) is 3.37. The van der Waals surface area contributed by atoms with E-state index in [0.717, 1.165) is 11.3 Å². The fourth-order valence-corrected chi connectivity index (χ4v) is 3.37. The van der Waals surface area contributed by atoms with E-state index in [0.29, 0.717) is 31.0 Å². The molecule has 0 saturated carbocycles. The zero-order chi connectivity index (χ0) is 20.4. The predicted octanol–water partition coefficient (Wildman–Crippen LogP) is 3.41. The summed E-state index contributed by atoms with van der Waals surface area (Å²) in [5, 5.41) is 3.94. The summed E-state index contributed by atoms with van der Waals surface area (Å²) in [5.41, 5.74) is 1.50. The molecule has 1 aromatic heterocycles. The Hall–Kier alpha value is -3.42. The molecule has 1 aliphatic rings. The first-order valence-electron chi connectivity index (χ1n) is 9.15. The summed E-state index contributed by atoms with van der Waals surface area (Å²) in [6.07, 6.45) is 0.300. The number of carbonyl (C=O) groups excluding carboxylic acids is 1. The van der Waals surface area contributed by atoms with E-state index in [4.69, 9.17) is 14.0 Å². The summed E-state index contributed by atoms with van der Waals surface area (Å²) in [6, 6.07) is 12.1. The maximum absolute atomic E-state index is 13.9. The molecular weight excluding hydrogens is 377 g/mol. The largest absolute Gasteiger partial charge is 0.497 e. The van der Waals surface area contributed by atoms with Gasteiger partial charge in [-0.15, -0.1) is 0 Å². The average Bonchev–Trinajstić information content (AvgIpc) is 3.36. The highest BCUT2D eigenvalue weighted by atomic mass is 19.1. The number of ether oxygens (including phenoxy) is 2. The first kappa shape index (κ1) is 18.9. The van der Waals surface area contributed by atoms with Gasteiger partial charge in [0.25, 0.3) is 0 Å². The van der Waals surface area contributed by atoms with Gasteiger partial charge in [0, 0.05) is 25.1 Å². The normalized spacial score (nSPS) is 16.3. The smallest absolute Gasteiger partial charge is 0.232 e. The van der Waals surface area contributed by atoms with Crippen LogP contribution in [-0.4, -0.2) is 41.7 Å². The Morgan fingerprint density at radius 3 is 2.66 bits per heavy atom. The van der Waals surface area contributed by atoms with Crippen molar-refractivity contribution >= 4 is 5.91 Å². The van der Waals surface area contributed by atoms with Crippen LogP contribution >= 0.6 is 0 Å². The third kappa shape index (κ3) is 3.91. The summed E-state index contributed by atoms with van der Waals surface area (Å²) in [4.78, 5) is 18.6. The van der Waals surface area contributed by atoms with Crippen molar-refractivity contribution in [3.05, 3.63) is 59.7 Å². The summed E-state index contributed by atoms with van der Waals surface area (Å²) < 4.78 is 29.4. The number of carbonyl (C=O) groups is 1. The van der Waals surface area contributed by atoms with E-state index in [2.05, 4.69) is 10.1 Å². The van der Waals surface area contributed by atoms with Gasteiger partial charge >= 0.3 is 0 Å². The lowest BCUT2D eigenvalue weighted by Crippen LogP contribution is -2.24. The number of rotatable bonds is 6. The summed E-state index contributed by atoms with van der Waals surface area (Å²) in [5.74, 6) is 0.911. The lowest BCUT2D eigenvalue weighted by atomic mass is 10.1. The number of nitrogens with zero attached hydrogens (tertiary/aromatic N) is 3. The van der Waals surface area contributed by atoms with Gasteiger partial charge in [-0.05, 0) is 35.9 Å². The van der Waals surface area contributed by atoms with Crippen LogP contribution < -0.4 is 9.47 Å². The van der Waals surface area contributed by atoms with E-state index in [1.807, 2.05) is 24.3 Å². The second-order valence-electron chi connectivity index (χ2n) is 6.83. The lowest BCUT2D eigenvalue weighted by Gasteiger charge is -2.16. The highest BCUT2D eigenvalue weighted by molar-refractivity contribution is 5.79. The minimum atomic E-state index is -0.502. The molecule has 1 saturated heterocycles. The monoisotopic (exact) mass is 397 g/mol. The van der Waals surface area contributed by atoms with Crippen molar-refractivity contribution in [2.24, 2.45) is 0 Å². The molecule has 0 N–H and O–H groups in total. The van der Waals surface area contributed by atoms with Gasteiger partial charge in [0.05, 0.1) is 20.1 Å². The van der Waals surface area contributed by atoms with Crippen LogP contribution in [0, 0.1) is 5.82 Å². The molecule has 1 amide bonds. The molecule has 29 heavy (non-hydrogen) atoms. The quantitative estimate of drug-likeness (QED) is 0.634. The molecule has 1 aliphatic heterocycles. The van der Waals surface area contributed by atoms with Crippen LogP contribution in [-0.2, 0) is 11.3 Å². The van der Waals surface area contributed by atoms with Gasteiger partial charge < -0.3 is 18.9 Å². The number of likely N-dealkylation sites (tertiary alicyclic amines) is 1. The minimum absolute atomic E-state index is 0.0288. The zero-order valence-electron chi connectivity index (χ0n) is 16.1. The van der Waals surface area contributed by atoms with Crippen molar-refractivity contribution in [2.75, 3.05) is 20.8 Å². The molecule has 150 valence electrons. The van der Waals surface area contributed by atoms with Crippen molar-refractivity contribution < 1.29 is 23.2 Å². The number of aromatic nitrogens is 2. The maximum atomic E-state index is 13.9. The lowest BCUT2D eigenvalue weighted by molar-refractivity contribution is -0.128. The Bertz CT molecular complexity index is 1020. The second kappa shape index (κ2) is 7.90. The van der Waals surface area contributed by atoms with Crippen LogP contribution in [0.15, 0.2) is 47.0 Å². The number of methoxy groups -OCH3 is 2. The summed E-state index contributed by atoms with van der Waals surface area (Å²) in [7, 11) is 3.02. The number of amides is 1. The fraction of sp³-hybridized carbons (Fsp3) is 0.286. The zero-order valence-corrected chi connectivity index (χ0v) is 16.1. The SMILES string of the molecule is COc1ccc(CN2CC(c3nc(-c4ccc(OC)c(F)c4)no3)CC2=O)cc1. The van der Waals surface area contributed by atoms with E-state index < -0.39 is 5.82 Å². The molecule has 0 bridgehead atoms. The molecule has 3 aromatic rings. The average molecular weight is 397 g/mol. The molecule has 0 radical (unpaired) electrons. The van der Waals surface area contributed by atoms with Crippen LogP contribution in [0.2, 0.25) is 0 Å². The summed E-state index contributed by atoms with van der Waals surface area (Å²) >= 11 is 0. The second-order valence-corrected chi connectivity index (χ2v) is 6.83. The van der Waals surface area contributed by atoms with E-state index in [1.165, 1.54) is 19.2 Å². The van der Waals surface area contributed by atoms with E-state index in [-0.39, 0.29) is 23.4 Å². The molecule has 1 fully saturated rings. The Balaban J connectivity index is 1.46. The van der Waals surface area contributed by atoms with Crippen molar-refractivity contribution in [2.45, 2.75) is 18.9 Å². The Morgan fingerprint density at radius 2 is 1.97 bits per heavy atom. The van der Waals surface area contributed by atoms with Gasteiger partial charge in [-0.3, -0.25) is 4.79 Å². The van der Waals surface area contributed by atoms with Gasteiger partial charge in [0.15, 0.2) is 11.6 Å². The third-order valence-corrected chi connectivity index (χ3v) is 4.95. The molecule has 2 heterocycles. The van der Waals surface area contributed by atoms with Crippen molar-refractivity contribution in [1.29, 1.82) is 0 Å². The van der Waals surface area contributed by atoms with Crippen molar-refractivity contribution in [3.63, 3.8) is 0 Å². The molecule has 0 aliphatic carbocycles. The van der Waals surface area contributed by atoms with Gasteiger partial charge in [-0.25, -0.2) is 4.39 Å². The molecule has 4 rings (SSSR count). The minimum Gasteiger partial charge on any atom is -0.497 e. The molecule has 1 unspecified atom stereocenters. The van der Waals surface area contributed by atoms with Crippen LogP contribution in [0.25, 0.3) is 11.4 Å². The first-order valence-corrected chi connectivity index (χ1v) is 9.15. The van der Waals surface area contributed by atoms with Crippen molar-refractivity contribution in [1.82, 2.24) is 15.0 Å². The maximum Gasteiger partial charge on any atom is 0.232 e. The number of hydrogen-bond acceptors (Lipinski definition) is 6. The Kier molecular flexibility index (Phi) is 5.16. The molecule has 8 heteroatoms. The predicted molar refractivity (Wildman–Crippen MR) is 102 cm³/mol. The Morgan fingerprint density at radius 1 is 1.17 bits per heavy atom. The highest BCUT2D eigenvalue weighted by Crippen LogP contribution is 2.30. The topological polar surface area (TPSA) is 77.7 Å². The number of benzene rings is 2.